The molecule has 8 nitrogen and oxygen atoms in total. The summed E-state index contributed by atoms with van der Waals surface area (Å²) in [5.74, 6) is 1.99. The van der Waals surface area contributed by atoms with E-state index in [0.717, 1.165) is 40.8 Å². The van der Waals surface area contributed by atoms with Crippen molar-refractivity contribution in [2.24, 2.45) is 5.92 Å². The highest BCUT2D eigenvalue weighted by atomic mass is 16.5. The van der Waals surface area contributed by atoms with E-state index in [9.17, 15) is 4.79 Å². The number of imidazole rings is 1. The van der Waals surface area contributed by atoms with E-state index >= 15 is 0 Å². The third-order valence-corrected chi connectivity index (χ3v) is 6.55. The number of pyridine rings is 3. The number of methoxy groups -OCH3 is 1. The molecule has 8 heteroatoms. The maximum Gasteiger partial charge on any atom is 0.229 e. The third kappa shape index (κ3) is 4.31. The summed E-state index contributed by atoms with van der Waals surface area (Å²) in [6.45, 7) is 0.587. The van der Waals surface area contributed by atoms with Gasteiger partial charge in [0.05, 0.1) is 19.3 Å². The number of amides is 1. The summed E-state index contributed by atoms with van der Waals surface area (Å²) in [7, 11) is 1.63. The highest BCUT2D eigenvalue weighted by Gasteiger charge is 2.45. The molecule has 2 unspecified atom stereocenters. The summed E-state index contributed by atoms with van der Waals surface area (Å²) in [5, 5.41) is 6.33. The van der Waals surface area contributed by atoms with Gasteiger partial charge in [-0.1, -0.05) is 6.07 Å². The van der Waals surface area contributed by atoms with Gasteiger partial charge in [0, 0.05) is 60.1 Å². The van der Waals surface area contributed by atoms with E-state index in [1.165, 1.54) is 18.4 Å². The van der Waals surface area contributed by atoms with Crippen molar-refractivity contribution in [3.05, 3.63) is 78.1 Å². The molecular formula is C26H26N6O2. The van der Waals surface area contributed by atoms with E-state index < -0.39 is 0 Å². The quantitative estimate of drug-likeness (QED) is 0.411. The Labute approximate surface area is 197 Å². The number of rotatable bonds is 8. The number of hydrogen-bond acceptors (Lipinski definition) is 6. The van der Waals surface area contributed by atoms with Crippen molar-refractivity contribution in [3.63, 3.8) is 0 Å². The highest BCUT2D eigenvalue weighted by Crippen LogP contribution is 2.47. The Morgan fingerprint density at radius 1 is 1.12 bits per heavy atom. The molecule has 2 atom stereocenters. The van der Waals surface area contributed by atoms with Gasteiger partial charge in [0.15, 0.2) is 0 Å². The molecule has 0 saturated heterocycles. The molecule has 6 rings (SSSR count). The van der Waals surface area contributed by atoms with Crippen LogP contribution in [0.2, 0.25) is 0 Å². The van der Waals surface area contributed by atoms with Crippen LogP contribution in [0.3, 0.4) is 0 Å². The van der Waals surface area contributed by atoms with Crippen LogP contribution in [0.25, 0.3) is 5.65 Å². The lowest BCUT2D eigenvalue weighted by atomic mass is 10.2. The van der Waals surface area contributed by atoms with Gasteiger partial charge in [-0.2, -0.15) is 0 Å². The zero-order chi connectivity index (χ0) is 23.1. The van der Waals surface area contributed by atoms with Crippen LogP contribution in [0.15, 0.2) is 61.2 Å². The molecule has 0 bridgehead atoms. The maximum atomic E-state index is 12.7. The fraction of sp³-hybridized carbons (Fsp3) is 0.308. The Kier molecular flexibility index (Phi) is 5.13. The van der Waals surface area contributed by atoms with Gasteiger partial charge in [0.1, 0.15) is 17.2 Å². The molecule has 2 N–H and O–H groups in total. The van der Waals surface area contributed by atoms with Crippen molar-refractivity contribution in [3.8, 4) is 5.75 Å². The van der Waals surface area contributed by atoms with Gasteiger partial charge in [0.2, 0.25) is 5.91 Å². The lowest BCUT2D eigenvalue weighted by Gasteiger charge is -2.08. The molecule has 172 valence electrons. The number of anilines is 2. The van der Waals surface area contributed by atoms with Crippen LogP contribution in [0, 0.1) is 5.92 Å². The minimum Gasteiger partial charge on any atom is -0.497 e. The van der Waals surface area contributed by atoms with E-state index in [2.05, 4.69) is 49.5 Å². The van der Waals surface area contributed by atoms with Crippen LogP contribution >= 0.6 is 0 Å². The van der Waals surface area contributed by atoms with Gasteiger partial charge in [-0.25, -0.2) is 9.97 Å². The molecule has 2 fully saturated rings. The molecule has 2 aliphatic carbocycles. The molecular weight excluding hydrogens is 428 g/mol. The summed E-state index contributed by atoms with van der Waals surface area (Å²) >= 11 is 0. The largest absolute Gasteiger partial charge is 0.497 e. The first kappa shape index (κ1) is 20.7. The number of hydrogen-bond donors (Lipinski definition) is 2. The first-order valence-corrected chi connectivity index (χ1v) is 11.6. The maximum absolute atomic E-state index is 12.7. The fourth-order valence-corrected chi connectivity index (χ4v) is 4.39. The summed E-state index contributed by atoms with van der Waals surface area (Å²) in [6.07, 6.45) is 11.0. The predicted molar refractivity (Wildman–Crippen MR) is 129 cm³/mol. The molecule has 2 aliphatic rings. The zero-order valence-electron chi connectivity index (χ0n) is 18.9. The predicted octanol–water partition coefficient (Wildman–Crippen LogP) is 4.36. The second-order valence-electron chi connectivity index (χ2n) is 9.08. The number of fused-ring (bicyclic) bond motifs is 1. The topological polar surface area (TPSA) is 93.4 Å². The van der Waals surface area contributed by atoms with Crippen LogP contribution in [0.4, 0.5) is 11.5 Å². The van der Waals surface area contributed by atoms with Crippen molar-refractivity contribution in [1.82, 2.24) is 19.4 Å². The molecule has 0 radical (unpaired) electrons. The van der Waals surface area contributed by atoms with E-state index in [0.29, 0.717) is 12.4 Å². The standard InChI is InChI=1S/C26H26N6O2/c1-34-20-7-9-27-23(11-20)21-12-22(21)26(33)31-24-10-18(6-8-28-24)29-13-19-15-32-14-17(16-2-3-16)4-5-25(32)30-19/h4-11,14-16,21-22H,2-3,12-13H2,1H3,(H2,28,29,31,33). The number of aromatic nitrogens is 4. The van der Waals surface area contributed by atoms with E-state index in [4.69, 9.17) is 9.72 Å². The first-order chi connectivity index (χ1) is 16.7. The number of carbonyl (C=O) groups excluding carboxylic acids is 1. The Morgan fingerprint density at radius 3 is 2.85 bits per heavy atom. The molecule has 2 saturated carbocycles. The number of nitrogens with one attached hydrogen (secondary N) is 2. The summed E-state index contributed by atoms with van der Waals surface area (Å²) in [5.41, 5.74) is 5.07. The molecule has 4 heterocycles. The van der Waals surface area contributed by atoms with Crippen LogP contribution < -0.4 is 15.4 Å². The van der Waals surface area contributed by atoms with E-state index in [1.807, 2.05) is 18.2 Å². The van der Waals surface area contributed by atoms with Crippen LogP contribution in [0.1, 0.15) is 48.0 Å². The lowest BCUT2D eigenvalue weighted by Crippen LogP contribution is -2.16. The lowest BCUT2D eigenvalue weighted by molar-refractivity contribution is -0.117. The van der Waals surface area contributed by atoms with E-state index in [1.54, 1.807) is 25.6 Å². The Hall–Kier alpha value is -3.94. The second kappa shape index (κ2) is 8.44. The zero-order valence-corrected chi connectivity index (χ0v) is 18.9. The number of nitrogens with zero attached hydrogens (tertiary/aromatic N) is 4. The minimum atomic E-state index is -0.100. The summed E-state index contributed by atoms with van der Waals surface area (Å²) in [6, 6.07) is 11.7. The number of carbonyl (C=O) groups is 1. The normalized spacial score (nSPS) is 19.1. The monoisotopic (exact) mass is 454 g/mol. The molecule has 0 aliphatic heterocycles. The van der Waals surface area contributed by atoms with Gasteiger partial charge in [-0.15, -0.1) is 0 Å². The fourth-order valence-electron chi connectivity index (χ4n) is 4.39. The van der Waals surface area contributed by atoms with Crippen molar-refractivity contribution in [2.75, 3.05) is 17.7 Å². The second-order valence-corrected chi connectivity index (χ2v) is 9.08. The van der Waals surface area contributed by atoms with Crippen molar-refractivity contribution >= 4 is 23.1 Å². The Balaban J connectivity index is 1.07. The Bertz CT molecular complexity index is 1360. The number of ether oxygens (including phenoxy) is 1. The van der Waals surface area contributed by atoms with Gasteiger partial charge < -0.3 is 19.8 Å². The molecule has 0 aromatic carbocycles. The van der Waals surface area contributed by atoms with Crippen molar-refractivity contribution in [1.29, 1.82) is 0 Å². The van der Waals surface area contributed by atoms with Crippen LogP contribution in [0.5, 0.6) is 5.75 Å². The summed E-state index contributed by atoms with van der Waals surface area (Å²) in [4.78, 5) is 26.1. The van der Waals surface area contributed by atoms with E-state index in [-0.39, 0.29) is 17.7 Å². The molecule has 4 aromatic heterocycles. The Morgan fingerprint density at radius 2 is 2.00 bits per heavy atom. The average Bonchev–Trinajstić information content (AvgIpc) is 3.79. The average molecular weight is 455 g/mol. The molecule has 34 heavy (non-hydrogen) atoms. The first-order valence-electron chi connectivity index (χ1n) is 11.6. The smallest absolute Gasteiger partial charge is 0.229 e. The van der Waals surface area contributed by atoms with Crippen molar-refractivity contribution < 1.29 is 9.53 Å². The van der Waals surface area contributed by atoms with Crippen LogP contribution in [-0.4, -0.2) is 32.4 Å². The third-order valence-electron chi connectivity index (χ3n) is 6.55. The van der Waals surface area contributed by atoms with Crippen LogP contribution in [-0.2, 0) is 11.3 Å². The summed E-state index contributed by atoms with van der Waals surface area (Å²) < 4.78 is 7.37. The minimum absolute atomic E-state index is 0.0360. The SMILES string of the molecule is COc1ccnc(C2CC2C(=O)Nc2cc(NCc3cn4cc(C5CC5)ccc4n3)ccn2)c1. The highest BCUT2D eigenvalue weighted by molar-refractivity contribution is 5.94. The van der Waals surface area contributed by atoms with Gasteiger partial charge in [-0.05, 0) is 48.9 Å². The van der Waals surface area contributed by atoms with Gasteiger partial charge in [0.25, 0.3) is 0 Å². The molecule has 0 spiro atoms. The molecule has 1 amide bonds. The van der Waals surface area contributed by atoms with Gasteiger partial charge in [-0.3, -0.25) is 9.78 Å². The molecule has 4 aromatic rings. The van der Waals surface area contributed by atoms with Crippen molar-refractivity contribution in [2.45, 2.75) is 37.6 Å². The van der Waals surface area contributed by atoms with Gasteiger partial charge >= 0.3 is 0 Å².